The van der Waals surface area contributed by atoms with Gasteiger partial charge in [0.05, 0.1) is 18.7 Å². The van der Waals surface area contributed by atoms with Crippen molar-refractivity contribution >= 4 is 39.8 Å². The third-order valence-electron chi connectivity index (χ3n) is 5.04. The van der Waals surface area contributed by atoms with Crippen LogP contribution in [0.3, 0.4) is 0 Å². The summed E-state index contributed by atoms with van der Waals surface area (Å²) in [6.45, 7) is 1.91. The lowest BCUT2D eigenvalue weighted by molar-refractivity contribution is -0.136. The molecule has 3 aromatic carbocycles. The van der Waals surface area contributed by atoms with Crippen LogP contribution in [-0.4, -0.2) is 18.2 Å². The van der Waals surface area contributed by atoms with Crippen molar-refractivity contribution in [3.8, 4) is 0 Å². The largest absolute Gasteiger partial charge is 0.466 e. The van der Waals surface area contributed by atoms with Crippen LogP contribution in [0.5, 0.6) is 0 Å². The first kappa shape index (κ1) is 18.2. The number of carbonyl (C=O) groups is 1. The third kappa shape index (κ3) is 3.04. The Balaban J connectivity index is 1.92. The lowest BCUT2D eigenvalue weighted by atomic mass is 9.91. The van der Waals surface area contributed by atoms with Crippen molar-refractivity contribution in [2.75, 3.05) is 12.0 Å². The number of methoxy groups -OCH3 is 1. The van der Waals surface area contributed by atoms with Gasteiger partial charge in [0.15, 0.2) is 5.11 Å². The minimum atomic E-state index is -0.383. The summed E-state index contributed by atoms with van der Waals surface area (Å²) in [6, 6.07) is 23.6. The zero-order valence-electron chi connectivity index (χ0n) is 15.7. The fraction of sp³-hybridized carbons (Fsp3) is 0.130. The zero-order valence-corrected chi connectivity index (χ0v) is 16.5. The van der Waals surface area contributed by atoms with E-state index in [4.69, 9.17) is 17.0 Å². The molecule has 0 bridgehead atoms. The van der Waals surface area contributed by atoms with E-state index in [9.17, 15) is 4.79 Å². The predicted molar refractivity (Wildman–Crippen MR) is 116 cm³/mol. The Morgan fingerprint density at radius 3 is 2.43 bits per heavy atom. The van der Waals surface area contributed by atoms with Gasteiger partial charge in [-0.2, -0.15) is 0 Å². The van der Waals surface area contributed by atoms with Crippen LogP contribution in [0.2, 0.25) is 0 Å². The second kappa shape index (κ2) is 7.44. The van der Waals surface area contributed by atoms with Crippen LogP contribution in [0, 0.1) is 0 Å². The van der Waals surface area contributed by atoms with E-state index in [-0.39, 0.29) is 12.0 Å². The Bertz CT molecular complexity index is 1090. The molecule has 4 rings (SSSR count). The maximum atomic E-state index is 12.8. The van der Waals surface area contributed by atoms with E-state index in [0.29, 0.717) is 10.7 Å². The number of allylic oxidation sites excluding steroid dienone is 1. The lowest BCUT2D eigenvalue weighted by Crippen LogP contribution is -2.48. The van der Waals surface area contributed by atoms with E-state index in [1.54, 1.807) is 0 Å². The predicted octanol–water partition coefficient (Wildman–Crippen LogP) is 4.72. The SMILES string of the molecule is COC(=O)C1=C(C)N(c2ccccc2)C(=S)N[C@H]1c1cccc2ccccc12. The summed E-state index contributed by atoms with van der Waals surface area (Å²) in [5, 5.41) is 6.11. The number of esters is 1. The van der Waals surface area contributed by atoms with Crippen molar-refractivity contribution in [2.24, 2.45) is 0 Å². The van der Waals surface area contributed by atoms with Gasteiger partial charge in [-0.05, 0) is 47.6 Å². The van der Waals surface area contributed by atoms with Crippen LogP contribution in [0.1, 0.15) is 18.5 Å². The molecule has 0 aromatic heterocycles. The Kier molecular flexibility index (Phi) is 4.84. The number of nitrogens with zero attached hydrogens (tertiary/aromatic N) is 1. The molecule has 1 aliphatic rings. The quantitative estimate of drug-likeness (QED) is 0.519. The Morgan fingerprint density at radius 2 is 1.68 bits per heavy atom. The Morgan fingerprint density at radius 1 is 1.00 bits per heavy atom. The molecule has 0 spiro atoms. The van der Waals surface area contributed by atoms with E-state index in [1.165, 1.54) is 7.11 Å². The fourth-order valence-corrected chi connectivity index (χ4v) is 4.10. The first-order valence-electron chi connectivity index (χ1n) is 9.04. The van der Waals surface area contributed by atoms with Crippen molar-refractivity contribution in [3.05, 3.63) is 89.6 Å². The molecule has 1 heterocycles. The average molecular weight is 388 g/mol. The van der Waals surface area contributed by atoms with Crippen LogP contribution < -0.4 is 10.2 Å². The molecule has 5 heteroatoms. The second-order valence-corrected chi connectivity index (χ2v) is 7.00. The van der Waals surface area contributed by atoms with Crippen molar-refractivity contribution in [1.29, 1.82) is 0 Å². The highest BCUT2D eigenvalue weighted by molar-refractivity contribution is 7.80. The molecule has 3 aromatic rings. The lowest BCUT2D eigenvalue weighted by Gasteiger charge is -2.37. The highest BCUT2D eigenvalue weighted by atomic mass is 32.1. The summed E-state index contributed by atoms with van der Waals surface area (Å²) >= 11 is 5.69. The number of nitrogens with one attached hydrogen (secondary N) is 1. The molecule has 0 aliphatic carbocycles. The number of hydrogen-bond donors (Lipinski definition) is 1. The number of fused-ring (bicyclic) bond motifs is 1. The molecule has 0 unspecified atom stereocenters. The smallest absolute Gasteiger partial charge is 0.337 e. The molecule has 4 nitrogen and oxygen atoms in total. The fourth-order valence-electron chi connectivity index (χ4n) is 3.74. The van der Waals surface area contributed by atoms with Crippen molar-refractivity contribution < 1.29 is 9.53 Å². The first-order chi connectivity index (χ1) is 13.6. The van der Waals surface area contributed by atoms with E-state index in [2.05, 4.69) is 23.5 Å². The van der Waals surface area contributed by atoms with Gasteiger partial charge >= 0.3 is 5.97 Å². The van der Waals surface area contributed by atoms with Crippen LogP contribution in [0.4, 0.5) is 5.69 Å². The van der Waals surface area contributed by atoms with Gasteiger partial charge in [0, 0.05) is 11.4 Å². The van der Waals surface area contributed by atoms with Gasteiger partial charge < -0.3 is 10.1 Å². The van der Waals surface area contributed by atoms with E-state index >= 15 is 0 Å². The maximum Gasteiger partial charge on any atom is 0.337 e. The number of rotatable bonds is 3. The number of thiocarbonyl (C=S) groups is 1. The molecular weight excluding hydrogens is 368 g/mol. The summed E-state index contributed by atoms with van der Waals surface area (Å²) < 4.78 is 5.14. The molecule has 0 amide bonds. The Labute approximate surface area is 169 Å². The summed E-state index contributed by atoms with van der Waals surface area (Å²) in [7, 11) is 1.41. The van der Waals surface area contributed by atoms with Gasteiger partial charge in [-0.25, -0.2) is 4.79 Å². The number of ether oxygens (including phenoxy) is 1. The van der Waals surface area contributed by atoms with Gasteiger partial charge in [-0.1, -0.05) is 60.7 Å². The number of benzene rings is 3. The molecule has 0 fully saturated rings. The molecule has 1 N–H and O–H groups in total. The topological polar surface area (TPSA) is 41.6 Å². The van der Waals surface area contributed by atoms with Crippen LogP contribution >= 0.6 is 12.2 Å². The highest BCUT2D eigenvalue weighted by Gasteiger charge is 2.35. The van der Waals surface area contributed by atoms with Gasteiger partial charge in [0.25, 0.3) is 0 Å². The van der Waals surface area contributed by atoms with Crippen LogP contribution in [0.15, 0.2) is 84.1 Å². The molecule has 140 valence electrons. The van der Waals surface area contributed by atoms with Crippen molar-refractivity contribution in [1.82, 2.24) is 5.32 Å². The molecule has 0 saturated heterocycles. The number of carbonyl (C=O) groups excluding carboxylic acids is 1. The summed E-state index contributed by atoms with van der Waals surface area (Å²) in [4.78, 5) is 14.7. The van der Waals surface area contributed by atoms with Crippen molar-refractivity contribution in [2.45, 2.75) is 13.0 Å². The van der Waals surface area contributed by atoms with E-state index in [1.807, 2.05) is 66.4 Å². The highest BCUT2D eigenvalue weighted by Crippen LogP contribution is 2.36. The molecular formula is C23H20N2O2S. The minimum absolute atomic E-state index is 0.369. The number of hydrogen-bond acceptors (Lipinski definition) is 3. The molecule has 1 atom stereocenters. The Hall–Kier alpha value is -3.18. The average Bonchev–Trinajstić information content (AvgIpc) is 2.73. The molecule has 28 heavy (non-hydrogen) atoms. The normalized spacial score (nSPS) is 16.9. The summed E-state index contributed by atoms with van der Waals surface area (Å²) in [5.41, 5.74) is 3.21. The minimum Gasteiger partial charge on any atom is -0.466 e. The van der Waals surface area contributed by atoms with Crippen LogP contribution in [0.25, 0.3) is 10.8 Å². The monoisotopic (exact) mass is 388 g/mol. The zero-order chi connectivity index (χ0) is 19.7. The van der Waals surface area contributed by atoms with Crippen LogP contribution in [-0.2, 0) is 9.53 Å². The standard InChI is InChI=1S/C23H20N2O2S/c1-15-20(22(26)27-2)21(19-14-8-10-16-9-6-7-13-18(16)19)24-23(28)25(15)17-11-4-3-5-12-17/h3-14,21H,1-2H3,(H,24,28)/t21-/m0/s1. The van der Waals surface area contributed by atoms with Gasteiger partial charge in [-0.15, -0.1) is 0 Å². The summed E-state index contributed by atoms with van der Waals surface area (Å²) in [6.07, 6.45) is 0. The van der Waals surface area contributed by atoms with E-state index in [0.717, 1.165) is 27.7 Å². The van der Waals surface area contributed by atoms with Gasteiger partial charge in [-0.3, -0.25) is 4.90 Å². The second-order valence-electron chi connectivity index (χ2n) is 6.61. The molecule has 1 aliphatic heterocycles. The molecule has 0 radical (unpaired) electrons. The molecule has 0 saturated carbocycles. The number of anilines is 1. The van der Waals surface area contributed by atoms with Crippen molar-refractivity contribution in [3.63, 3.8) is 0 Å². The third-order valence-corrected chi connectivity index (χ3v) is 5.34. The first-order valence-corrected chi connectivity index (χ1v) is 9.45. The number of para-hydroxylation sites is 1. The maximum absolute atomic E-state index is 12.8. The van der Waals surface area contributed by atoms with E-state index < -0.39 is 0 Å². The van der Waals surface area contributed by atoms with Gasteiger partial charge in [0.2, 0.25) is 0 Å². The summed E-state index contributed by atoms with van der Waals surface area (Å²) in [5.74, 6) is -0.369. The van der Waals surface area contributed by atoms with Gasteiger partial charge in [0.1, 0.15) is 0 Å².